The summed E-state index contributed by atoms with van der Waals surface area (Å²) in [5.74, 6) is -0.0723. The Balaban J connectivity index is 3.19. The number of hydrogen-bond acceptors (Lipinski definition) is 2. The topological polar surface area (TPSA) is 26.3 Å². The van der Waals surface area contributed by atoms with Crippen LogP contribution in [0.4, 0.5) is 0 Å². The summed E-state index contributed by atoms with van der Waals surface area (Å²) in [4.78, 5) is 11.0. The highest BCUT2D eigenvalue weighted by Crippen LogP contribution is 2.03. The first-order valence-corrected chi connectivity index (χ1v) is 6.11. The molecular weight excluding hydrogens is 188 g/mol. The average molecular weight is 212 g/mol. The van der Waals surface area contributed by atoms with Crippen LogP contribution in [0.15, 0.2) is 12.2 Å². The second-order valence-electron chi connectivity index (χ2n) is 3.66. The number of rotatable bonds is 9. The molecule has 0 aromatic carbocycles. The predicted octanol–water partition coefficient (Wildman–Crippen LogP) is 3.86. The van der Waals surface area contributed by atoms with Crippen LogP contribution in [0.2, 0.25) is 0 Å². The van der Waals surface area contributed by atoms with E-state index in [1.165, 1.54) is 25.7 Å². The average Bonchev–Trinajstić information content (AvgIpc) is 2.22. The van der Waals surface area contributed by atoms with Gasteiger partial charge >= 0.3 is 5.97 Å². The first-order valence-electron chi connectivity index (χ1n) is 6.11. The first-order chi connectivity index (χ1) is 7.31. The molecule has 0 fully saturated rings. The lowest BCUT2D eigenvalue weighted by Gasteiger charge is -1.99. The normalized spacial score (nSPS) is 10.8. The zero-order chi connectivity index (χ0) is 11.4. The zero-order valence-corrected chi connectivity index (χ0v) is 10.1. The van der Waals surface area contributed by atoms with Gasteiger partial charge in [-0.2, -0.15) is 0 Å². The molecular formula is C13H24O2. The monoisotopic (exact) mass is 212 g/mol. The van der Waals surface area contributed by atoms with E-state index in [-0.39, 0.29) is 5.97 Å². The van der Waals surface area contributed by atoms with E-state index in [0.29, 0.717) is 13.0 Å². The number of ether oxygens (including phenoxy) is 1. The van der Waals surface area contributed by atoms with Gasteiger partial charge in [0.15, 0.2) is 0 Å². The van der Waals surface area contributed by atoms with Crippen molar-refractivity contribution in [2.45, 2.75) is 58.8 Å². The van der Waals surface area contributed by atoms with Crippen molar-refractivity contribution in [3.8, 4) is 0 Å². The molecule has 0 spiro atoms. The first kappa shape index (κ1) is 14.2. The highest BCUT2D eigenvalue weighted by Gasteiger charge is 1.98. The van der Waals surface area contributed by atoms with E-state index in [1.54, 1.807) is 0 Å². The Kier molecular flexibility index (Phi) is 10.7. The Bertz CT molecular complexity index is 173. The molecule has 0 radical (unpaired) electrons. The molecule has 0 N–H and O–H groups in total. The summed E-state index contributed by atoms with van der Waals surface area (Å²) in [7, 11) is 0. The van der Waals surface area contributed by atoms with E-state index in [1.807, 2.05) is 6.92 Å². The minimum Gasteiger partial charge on any atom is -0.466 e. The molecule has 2 nitrogen and oxygen atoms in total. The van der Waals surface area contributed by atoms with Gasteiger partial charge in [-0.05, 0) is 32.6 Å². The van der Waals surface area contributed by atoms with Crippen LogP contribution in [-0.4, -0.2) is 12.6 Å². The Labute approximate surface area is 93.7 Å². The Morgan fingerprint density at radius 1 is 1.07 bits per heavy atom. The van der Waals surface area contributed by atoms with Crippen LogP contribution in [-0.2, 0) is 9.53 Å². The molecule has 0 amide bonds. The third-order valence-corrected chi connectivity index (χ3v) is 2.20. The number of esters is 1. The van der Waals surface area contributed by atoms with Crippen molar-refractivity contribution in [2.24, 2.45) is 0 Å². The fourth-order valence-corrected chi connectivity index (χ4v) is 1.35. The van der Waals surface area contributed by atoms with E-state index in [4.69, 9.17) is 4.74 Å². The highest BCUT2D eigenvalue weighted by molar-refractivity contribution is 5.69. The Hall–Kier alpha value is -0.790. The molecule has 0 rings (SSSR count). The van der Waals surface area contributed by atoms with Crippen LogP contribution in [0, 0.1) is 0 Å². The fraction of sp³-hybridized carbons (Fsp3) is 0.769. The maximum atomic E-state index is 11.0. The van der Waals surface area contributed by atoms with Crippen LogP contribution < -0.4 is 0 Å². The lowest BCUT2D eigenvalue weighted by Crippen LogP contribution is -2.02. The minimum absolute atomic E-state index is 0.0723. The van der Waals surface area contributed by atoms with Crippen molar-refractivity contribution in [1.29, 1.82) is 0 Å². The molecule has 88 valence electrons. The number of unbranched alkanes of at least 4 members (excludes halogenated alkanes) is 4. The van der Waals surface area contributed by atoms with Crippen LogP contribution in [0.5, 0.6) is 0 Å². The number of carbonyl (C=O) groups excluding carboxylic acids is 1. The molecule has 0 aliphatic rings. The molecule has 0 aromatic rings. The van der Waals surface area contributed by atoms with E-state index in [0.717, 1.165) is 12.8 Å². The van der Waals surface area contributed by atoms with E-state index in [9.17, 15) is 4.79 Å². The van der Waals surface area contributed by atoms with Gasteiger partial charge in [-0.25, -0.2) is 0 Å². The second-order valence-corrected chi connectivity index (χ2v) is 3.66. The van der Waals surface area contributed by atoms with Crippen molar-refractivity contribution in [3.05, 3.63) is 12.2 Å². The van der Waals surface area contributed by atoms with Crippen molar-refractivity contribution in [1.82, 2.24) is 0 Å². The summed E-state index contributed by atoms with van der Waals surface area (Å²) >= 11 is 0. The lowest BCUT2D eigenvalue weighted by atomic mass is 10.1. The SMILES string of the molecule is CCCCC/C=C\CCCC(=O)OCC. The van der Waals surface area contributed by atoms with Crippen LogP contribution >= 0.6 is 0 Å². The van der Waals surface area contributed by atoms with Crippen LogP contribution in [0.3, 0.4) is 0 Å². The van der Waals surface area contributed by atoms with E-state index in [2.05, 4.69) is 19.1 Å². The summed E-state index contributed by atoms with van der Waals surface area (Å²) < 4.78 is 4.84. The standard InChI is InChI=1S/C13H24O2/c1-3-5-6-7-8-9-10-11-12-13(14)15-4-2/h8-9H,3-7,10-12H2,1-2H3/b9-8-. The summed E-state index contributed by atoms with van der Waals surface area (Å²) in [6, 6.07) is 0. The minimum atomic E-state index is -0.0723. The molecule has 0 saturated heterocycles. The molecule has 0 heterocycles. The third kappa shape index (κ3) is 11.1. The van der Waals surface area contributed by atoms with Gasteiger partial charge < -0.3 is 4.74 Å². The molecule has 0 bridgehead atoms. The number of hydrogen-bond donors (Lipinski definition) is 0. The van der Waals surface area contributed by atoms with Gasteiger partial charge in [-0.1, -0.05) is 31.9 Å². The van der Waals surface area contributed by atoms with E-state index < -0.39 is 0 Å². The number of carbonyl (C=O) groups is 1. The van der Waals surface area contributed by atoms with Crippen molar-refractivity contribution in [2.75, 3.05) is 6.61 Å². The zero-order valence-electron chi connectivity index (χ0n) is 10.1. The largest absolute Gasteiger partial charge is 0.466 e. The molecule has 2 heteroatoms. The molecule has 0 aromatic heterocycles. The summed E-state index contributed by atoms with van der Waals surface area (Å²) in [6.07, 6.45) is 11.9. The van der Waals surface area contributed by atoms with Gasteiger partial charge in [0.25, 0.3) is 0 Å². The molecule has 0 aliphatic heterocycles. The smallest absolute Gasteiger partial charge is 0.305 e. The molecule has 0 aliphatic carbocycles. The van der Waals surface area contributed by atoms with Gasteiger partial charge in [0, 0.05) is 6.42 Å². The van der Waals surface area contributed by atoms with Gasteiger partial charge in [-0.3, -0.25) is 4.79 Å². The number of allylic oxidation sites excluding steroid dienone is 2. The van der Waals surface area contributed by atoms with E-state index >= 15 is 0 Å². The van der Waals surface area contributed by atoms with Gasteiger partial charge in [-0.15, -0.1) is 0 Å². The van der Waals surface area contributed by atoms with Crippen molar-refractivity contribution >= 4 is 5.97 Å². The fourth-order valence-electron chi connectivity index (χ4n) is 1.35. The second kappa shape index (κ2) is 11.3. The maximum absolute atomic E-state index is 11.0. The predicted molar refractivity (Wildman–Crippen MR) is 63.8 cm³/mol. The van der Waals surface area contributed by atoms with Crippen molar-refractivity contribution in [3.63, 3.8) is 0 Å². The van der Waals surface area contributed by atoms with Crippen LogP contribution in [0.1, 0.15) is 58.8 Å². The van der Waals surface area contributed by atoms with Crippen molar-refractivity contribution < 1.29 is 9.53 Å². The maximum Gasteiger partial charge on any atom is 0.305 e. The Morgan fingerprint density at radius 3 is 2.33 bits per heavy atom. The molecule has 0 atom stereocenters. The highest BCUT2D eigenvalue weighted by atomic mass is 16.5. The summed E-state index contributed by atoms with van der Waals surface area (Å²) in [5, 5.41) is 0. The molecule has 0 saturated carbocycles. The molecule has 0 unspecified atom stereocenters. The van der Waals surface area contributed by atoms with Gasteiger partial charge in [0.2, 0.25) is 0 Å². The third-order valence-electron chi connectivity index (χ3n) is 2.20. The summed E-state index contributed by atoms with van der Waals surface area (Å²) in [6.45, 7) is 4.54. The van der Waals surface area contributed by atoms with Gasteiger partial charge in [0.1, 0.15) is 0 Å². The molecule has 15 heavy (non-hydrogen) atoms. The lowest BCUT2D eigenvalue weighted by molar-refractivity contribution is -0.143. The van der Waals surface area contributed by atoms with Gasteiger partial charge in [0.05, 0.1) is 6.61 Å². The quantitative estimate of drug-likeness (QED) is 0.329. The van der Waals surface area contributed by atoms with Crippen LogP contribution in [0.25, 0.3) is 0 Å². The Morgan fingerprint density at radius 2 is 1.73 bits per heavy atom. The summed E-state index contributed by atoms with van der Waals surface area (Å²) in [5.41, 5.74) is 0.